The normalized spacial score (nSPS) is 10.8. The lowest BCUT2D eigenvalue weighted by atomic mass is 10.0. The molecule has 0 unspecified atom stereocenters. The summed E-state index contributed by atoms with van der Waals surface area (Å²) in [6, 6.07) is 15.6. The molecule has 0 radical (unpaired) electrons. The number of carbonyl (C=O) groups is 1. The van der Waals surface area contributed by atoms with Crippen LogP contribution in [0.1, 0.15) is 47.6 Å². The summed E-state index contributed by atoms with van der Waals surface area (Å²) < 4.78 is 5.64. The van der Waals surface area contributed by atoms with E-state index in [0.29, 0.717) is 28.2 Å². The molecule has 146 valence electrons. The highest BCUT2D eigenvalue weighted by atomic mass is 32.1. The molecule has 5 nitrogen and oxygen atoms in total. The monoisotopic (exact) mass is 395 g/mol. The number of aryl methyl sites for hydroxylation is 1. The lowest BCUT2D eigenvalue weighted by molar-refractivity contribution is 0.103. The Morgan fingerprint density at radius 2 is 1.96 bits per heavy atom. The molecule has 0 saturated heterocycles. The van der Waals surface area contributed by atoms with Crippen LogP contribution in [0, 0.1) is 6.92 Å². The number of benzene rings is 2. The van der Waals surface area contributed by atoms with E-state index >= 15 is 0 Å². The quantitative estimate of drug-likeness (QED) is 0.517. The molecule has 1 aromatic heterocycles. The molecule has 0 atom stereocenters. The van der Waals surface area contributed by atoms with Crippen molar-refractivity contribution in [3.05, 3.63) is 64.7 Å². The van der Waals surface area contributed by atoms with Gasteiger partial charge in [-0.05, 0) is 49.6 Å². The highest BCUT2D eigenvalue weighted by Gasteiger charge is 2.17. The van der Waals surface area contributed by atoms with Gasteiger partial charge in [0.1, 0.15) is 10.6 Å². The summed E-state index contributed by atoms with van der Waals surface area (Å²) in [6.45, 7) is 8.63. The Morgan fingerprint density at radius 1 is 1.18 bits per heavy atom. The third kappa shape index (κ3) is 4.70. The molecule has 0 saturated carbocycles. The minimum Gasteiger partial charge on any atom is -0.492 e. The zero-order chi connectivity index (χ0) is 20.1. The van der Waals surface area contributed by atoms with Gasteiger partial charge in [0.15, 0.2) is 5.13 Å². The summed E-state index contributed by atoms with van der Waals surface area (Å²) >= 11 is 1.33. The van der Waals surface area contributed by atoms with Gasteiger partial charge in [0.25, 0.3) is 5.91 Å². The molecule has 1 heterocycles. The van der Waals surface area contributed by atoms with Gasteiger partial charge in [-0.1, -0.05) is 49.4 Å². The summed E-state index contributed by atoms with van der Waals surface area (Å²) in [5, 5.41) is 6.90. The molecule has 2 aromatic carbocycles. The minimum atomic E-state index is -0.151. The van der Waals surface area contributed by atoms with E-state index < -0.39 is 0 Å². The molecular formula is C22H25N3O2S. The average molecular weight is 396 g/mol. The van der Waals surface area contributed by atoms with Crippen LogP contribution in [0.2, 0.25) is 0 Å². The van der Waals surface area contributed by atoms with Crippen LogP contribution < -0.4 is 15.4 Å². The van der Waals surface area contributed by atoms with Crippen molar-refractivity contribution in [2.24, 2.45) is 0 Å². The van der Waals surface area contributed by atoms with Crippen molar-refractivity contribution in [3.63, 3.8) is 0 Å². The van der Waals surface area contributed by atoms with Gasteiger partial charge in [-0.15, -0.1) is 0 Å². The van der Waals surface area contributed by atoms with E-state index in [1.54, 1.807) is 0 Å². The minimum absolute atomic E-state index is 0.151. The molecule has 0 spiro atoms. The zero-order valence-corrected chi connectivity index (χ0v) is 17.4. The number of aromatic nitrogens is 1. The maximum Gasteiger partial charge on any atom is 0.267 e. The number of ether oxygens (including phenoxy) is 1. The van der Waals surface area contributed by atoms with Crippen LogP contribution in [0.15, 0.2) is 48.5 Å². The summed E-state index contributed by atoms with van der Waals surface area (Å²) in [5.41, 5.74) is 3.50. The van der Waals surface area contributed by atoms with E-state index in [9.17, 15) is 4.79 Å². The zero-order valence-electron chi connectivity index (χ0n) is 16.6. The van der Waals surface area contributed by atoms with Crippen molar-refractivity contribution in [2.75, 3.05) is 17.2 Å². The number of nitrogens with one attached hydrogen (secondary N) is 2. The van der Waals surface area contributed by atoms with E-state index in [1.807, 2.05) is 56.3 Å². The van der Waals surface area contributed by atoms with Gasteiger partial charge < -0.3 is 15.4 Å². The molecule has 0 fully saturated rings. The lowest BCUT2D eigenvalue weighted by Gasteiger charge is -2.10. The van der Waals surface area contributed by atoms with Gasteiger partial charge in [-0.2, -0.15) is 0 Å². The standard InChI is InChI=1S/C22H25N3O2S/c1-5-27-19-12-7-6-11-18(19)25-22-23-15(4)20(28-22)21(26)24-17-10-8-9-16(13-17)14(2)3/h6-14H,5H2,1-4H3,(H,23,25)(H,24,26). The van der Waals surface area contributed by atoms with Crippen molar-refractivity contribution in [2.45, 2.75) is 33.6 Å². The van der Waals surface area contributed by atoms with Crippen molar-refractivity contribution in [1.82, 2.24) is 4.98 Å². The number of carbonyl (C=O) groups excluding carboxylic acids is 1. The van der Waals surface area contributed by atoms with Gasteiger partial charge >= 0.3 is 0 Å². The van der Waals surface area contributed by atoms with E-state index in [4.69, 9.17) is 4.74 Å². The Labute approximate surface area is 169 Å². The molecule has 0 aliphatic heterocycles. The number of para-hydroxylation sites is 2. The summed E-state index contributed by atoms with van der Waals surface area (Å²) in [5.74, 6) is 1.01. The summed E-state index contributed by atoms with van der Waals surface area (Å²) in [4.78, 5) is 17.9. The molecule has 1 amide bonds. The number of hydrogen-bond donors (Lipinski definition) is 2. The summed E-state index contributed by atoms with van der Waals surface area (Å²) in [7, 11) is 0. The number of hydrogen-bond acceptors (Lipinski definition) is 5. The second-order valence-corrected chi connectivity index (χ2v) is 7.72. The number of anilines is 3. The Hall–Kier alpha value is -2.86. The number of amides is 1. The van der Waals surface area contributed by atoms with Crippen molar-refractivity contribution in [1.29, 1.82) is 0 Å². The van der Waals surface area contributed by atoms with Gasteiger partial charge in [-0.25, -0.2) is 4.98 Å². The topological polar surface area (TPSA) is 63.2 Å². The van der Waals surface area contributed by atoms with Gasteiger partial charge in [0.2, 0.25) is 0 Å². The third-order valence-corrected chi connectivity index (χ3v) is 5.31. The third-order valence-electron chi connectivity index (χ3n) is 4.24. The fraction of sp³-hybridized carbons (Fsp3) is 0.273. The van der Waals surface area contributed by atoms with Crippen LogP contribution in [0.5, 0.6) is 5.75 Å². The van der Waals surface area contributed by atoms with Crippen molar-refractivity contribution >= 4 is 33.8 Å². The Balaban J connectivity index is 1.77. The average Bonchev–Trinajstić information content (AvgIpc) is 3.04. The fourth-order valence-electron chi connectivity index (χ4n) is 2.79. The Morgan fingerprint density at radius 3 is 2.71 bits per heavy atom. The first-order valence-corrected chi connectivity index (χ1v) is 10.2. The number of rotatable bonds is 7. The highest BCUT2D eigenvalue weighted by Crippen LogP contribution is 2.31. The van der Waals surface area contributed by atoms with Crippen LogP contribution in [0.3, 0.4) is 0 Å². The van der Waals surface area contributed by atoms with Crippen LogP contribution in [-0.4, -0.2) is 17.5 Å². The van der Waals surface area contributed by atoms with Crippen molar-refractivity contribution < 1.29 is 9.53 Å². The predicted molar refractivity (Wildman–Crippen MR) is 116 cm³/mol. The number of thiazole rings is 1. The van der Waals surface area contributed by atoms with Crippen LogP contribution in [0.25, 0.3) is 0 Å². The molecular weight excluding hydrogens is 370 g/mol. The van der Waals surface area contributed by atoms with Gasteiger partial charge in [0.05, 0.1) is 18.0 Å². The molecule has 0 aliphatic rings. The molecule has 0 aliphatic carbocycles. The Bertz CT molecular complexity index is 966. The largest absolute Gasteiger partial charge is 0.492 e. The van der Waals surface area contributed by atoms with E-state index in [-0.39, 0.29) is 5.91 Å². The first kappa shape index (κ1) is 19.9. The van der Waals surface area contributed by atoms with Crippen LogP contribution in [-0.2, 0) is 0 Å². The van der Waals surface area contributed by atoms with Crippen LogP contribution in [0.4, 0.5) is 16.5 Å². The first-order chi connectivity index (χ1) is 13.5. The highest BCUT2D eigenvalue weighted by molar-refractivity contribution is 7.17. The van der Waals surface area contributed by atoms with E-state index in [1.165, 1.54) is 16.9 Å². The van der Waals surface area contributed by atoms with E-state index in [0.717, 1.165) is 17.1 Å². The maximum absolute atomic E-state index is 12.8. The van der Waals surface area contributed by atoms with E-state index in [2.05, 4.69) is 35.5 Å². The van der Waals surface area contributed by atoms with Crippen molar-refractivity contribution in [3.8, 4) is 5.75 Å². The maximum atomic E-state index is 12.8. The second-order valence-electron chi connectivity index (χ2n) is 6.72. The molecule has 3 aromatic rings. The molecule has 0 bridgehead atoms. The summed E-state index contributed by atoms with van der Waals surface area (Å²) in [6.07, 6.45) is 0. The van der Waals surface area contributed by atoms with Crippen LogP contribution >= 0.6 is 11.3 Å². The molecule has 6 heteroatoms. The lowest BCUT2D eigenvalue weighted by Crippen LogP contribution is -2.11. The predicted octanol–water partition coefficient (Wildman–Crippen LogP) is 5.97. The smallest absolute Gasteiger partial charge is 0.267 e. The second kappa shape index (κ2) is 8.89. The molecule has 28 heavy (non-hydrogen) atoms. The molecule has 3 rings (SSSR count). The van der Waals surface area contributed by atoms with Gasteiger partial charge in [0, 0.05) is 5.69 Å². The number of nitrogens with zero attached hydrogens (tertiary/aromatic N) is 1. The fourth-order valence-corrected chi connectivity index (χ4v) is 3.66. The Kier molecular flexibility index (Phi) is 6.31. The van der Waals surface area contributed by atoms with Gasteiger partial charge in [-0.3, -0.25) is 4.79 Å². The SMILES string of the molecule is CCOc1ccccc1Nc1nc(C)c(C(=O)Nc2cccc(C(C)C)c2)s1. The molecule has 2 N–H and O–H groups in total. The first-order valence-electron chi connectivity index (χ1n) is 9.35.